The standard InChI is InChI=1S/C15H11BrClN3/c16-11-4-2-6-13(8-11)20-9-14(18)15(19-20)10-3-1-5-12(17)7-10/h1-9H,18H2. The van der Waals surface area contributed by atoms with Crippen LogP contribution in [0.3, 0.4) is 0 Å². The van der Waals surface area contributed by atoms with Gasteiger partial charge in [-0.3, -0.25) is 0 Å². The SMILES string of the molecule is Nc1cn(-c2cccc(Br)c2)nc1-c1cccc(Cl)c1. The first kappa shape index (κ1) is 13.2. The fraction of sp³-hybridized carbons (Fsp3) is 0. The number of aromatic nitrogens is 2. The normalized spacial score (nSPS) is 10.7. The van der Waals surface area contributed by atoms with Gasteiger partial charge in [0.1, 0.15) is 5.69 Å². The molecule has 0 unspecified atom stereocenters. The monoisotopic (exact) mass is 347 g/mol. The predicted octanol–water partition coefficient (Wildman–Crippen LogP) is 4.54. The zero-order valence-electron chi connectivity index (χ0n) is 10.4. The summed E-state index contributed by atoms with van der Waals surface area (Å²) in [5.74, 6) is 0. The average Bonchev–Trinajstić information content (AvgIpc) is 2.81. The summed E-state index contributed by atoms with van der Waals surface area (Å²) in [5.41, 5.74) is 9.26. The first-order valence-corrected chi connectivity index (χ1v) is 7.17. The molecule has 100 valence electrons. The summed E-state index contributed by atoms with van der Waals surface area (Å²) < 4.78 is 2.75. The molecule has 0 radical (unpaired) electrons. The molecule has 2 aromatic carbocycles. The van der Waals surface area contributed by atoms with Gasteiger partial charge in [-0.2, -0.15) is 5.10 Å². The van der Waals surface area contributed by atoms with Gasteiger partial charge in [0.25, 0.3) is 0 Å². The molecule has 0 fully saturated rings. The van der Waals surface area contributed by atoms with Crippen molar-refractivity contribution in [2.24, 2.45) is 0 Å². The van der Waals surface area contributed by atoms with E-state index in [9.17, 15) is 0 Å². The molecule has 5 heteroatoms. The highest BCUT2D eigenvalue weighted by molar-refractivity contribution is 9.10. The van der Waals surface area contributed by atoms with E-state index in [1.807, 2.05) is 48.5 Å². The highest BCUT2D eigenvalue weighted by Gasteiger charge is 2.10. The molecule has 1 aromatic heterocycles. The molecule has 1 heterocycles. The predicted molar refractivity (Wildman–Crippen MR) is 86.1 cm³/mol. The molecule has 0 amide bonds. The molecule has 0 bridgehead atoms. The highest BCUT2D eigenvalue weighted by Crippen LogP contribution is 2.27. The lowest BCUT2D eigenvalue weighted by Gasteiger charge is -2.01. The van der Waals surface area contributed by atoms with Gasteiger partial charge in [-0.25, -0.2) is 4.68 Å². The lowest BCUT2D eigenvalue weighted by Crippen LogP contribution is -1.94. The van der Waals surface area contributed by atoms with E-state index in [1.54, 1.807) is 10.9 Å². The molecule has 0 aliphatic carbocycles. The third kappa shape index (κ3) is 2.57. The molecular formula is C15H11BrClN3. The first-order valence-electron chi connectivity index (χ1n) is 6.00. The summed E-state index contributed by atoms with van der Waals surface area (Å²) in [6.07, 6.45) is 1.80. The maximum Gasteiger partial charge on any atom is 0.116 e. The lowest BCUT2D eigenvalue weighted by molar-refractivity contribution is 0.884. The number of nitrogens with two attached hydrogens (primary N) is 1. The van der Waals surface area contributed by atoms with Gasteiger partial charge in [-0.05, 0) is 30.3 Å². The van der Waals surface area contributed by atoms with E-state index in [2.05, 4.69) is 21.0 Å². The van der Waals surface area contributed by atoms with E-state index >= 15 is 0 Å². The van der Waals surface area contributed by atoms with E-state index < -0.39 is 0 Å². The van der Waals surface area contributed by atoms with Crippen LogP contribution in [-0.4, -0.2) is 9.78 Å². The number of nitrogen functional groups attached to an aromatic ring is 1. The van der Waals surface area contributed by atoms with Gasteiger partial charge in [0.15, 0.2) is 0 Å². The van der Waals surface area contributed by atoms with Crippen LogP contribution in [0.2, 0.25) is 5.02 Å². The number of anilines is 1. The van der Waals surface area contributed by atoms with Crippen molar-refractivity contribution in [3.8, 4) is 16.9 Å². The Morgan fingerprint density at radius 2 is 1.90 bits per heavy atom. The number of nitrogens with zero attached hydrogens (tertiary/aromatic N) is 2. The molecule has 0 aliphatic heterocycles. The lowest BCUT2D eigenvalue weighted by atomic mass is 10.1. The van der Waals surface area contributed by atoms with Crippen molar-refractivity contribution in [3.05, 3.63) is 64.2 Å². The molecule has 3 rings (SSSR count). The van der Waals surface area contributed by atoms with Crippen LogP contribution < -0.4 is 5.73 Å². The van der Waals surface area contributed by atoms with Gasteiger partial charge in [0.2, 0.25) is 0 Å². The molecule has 0 saturated heterocycles. The van der Waals surface area contributed by atoms with Crippen molar-refractivity contribution in [1.82, 2.24) is 9.78 Å². The Morgan fingerprint density at radius 1 is 1.10 bits per heavy atom. The van der Waals surface area contributed by atoms with Crippen molar-refractivity contribution in [2.75, 3.05) is 5.73 Å². The van der Waals surface area contributed by atoms with Gasteiger partial charge >= 0.3 is 0 Å². The largest absolute Gasteiger partial charge is 0.396 e. The summed E-state index contributed by atoms with van der Waals surface area (Å²) in [4.78, 5) is 0. The summed E-state index contributed by atoms with van der Waals surface area (Å²) in [5, 5.41) is 5.21. The summed E-state index contributed by atoms with van der Waals surface area (Å²) >= 11 is 9.46. The van der Waals surface area contributed by atoms with E-state index in [-0.39, 0.29) is 0 Å². The quantitative estimate of drug-likeness (QED) is 0.739. The van der Waals surface area contributed by atoms with Crippen molar-refractivity contribution < 1.29 is 0 Å². The Bertz CT molecular complexity index is 767. The van der Waals surface area contributed by atoms with E-state index in [1.165, 1.54) is 0 Å². The Balaban J connectivity index is 2.08. The molecule has 20 heavy (non-hydrogen) atoms. The molecule has 0 spiro atoms. The molecule has 0 aliphatic rings. The Labute approximate surface area is 130 Å². The zero-order chi connectivity index (χ0) is 14.1. The second-order valence-corrected chi connectivity index (χ2v) is 5.72. The Hall–Kier alpha value is -1.78. The third-order valence-corrected chi connectivity index (χ3v) is 3.64. The van der Waals surface area contributed by atoms with Crippen molar-refractivity contribution in [1.29, 1.82) is 0 Å². The molecular weight excluding hydrogens is 338 g/mol. The molecule has 3 nitrogen and oxygen atoms in total. The number of hydrogen-bond acceptors (Lipinski definition) is 2. The van der Waals surface area contributed by atoms with Crippen molar-refractivity contribution in [2.45, 2.75) is 0 Å². The van der Waals surface area contributed by atoms with Gasteiger partial charge in [-0.15, -0.1) is 0 Å². The van der Waals surface area contributed by atoms with Crippen LogP contribution >= 0.6 is 27.5 Å². The number of halogens is 2. The molecule has 2 N–H and O–H groups in total. The topological polar surface area (TPSA) is 43.8 Å². The van der Waals surface area contributed by atoms with E-state index in [4.69, 9.17) is 17.3 Å². The summed E-state index contributed by atoms with van der Waals surface area (Å²) in [6.45, 7) is 0. The maximum atomic E-state index is 6.06. The van der Waals surface area contributed by atoms with Gasteiger partial charge in [-0.1, -0.05) is 45.7 Å². The van der Waals surface area contributed by atoms with Crippen LogP contribution in [0.4, 0.5) is 5.69 Å². The first-order chi connectivity index (χ1) is 9.63. The summed E-state index contributed by atoms with van der Waals surface area (Å²) in [6, 6.07) is 15.4. The fourth-order valence-corrected chi connectivity index (χ4v) is 2.58. The van der Waals surface area contributed by atoms with Crippen LogP contribution in [0.15, 0.2) is 59.2 Å². The third-order valence-electron chi connectivity index (χ3n) is 2.91. The smallest absolute Gasteiger partial charge is 0.116 e. The van der Waals surface area contributed by atoms with Crippen molar-refractivity contribution >= 4 is 33.2 Å². The van der Waals surface area contributed by atoms with Crippen LogP contribution in [-0.2, 0) is 0 Å². The highest BCUT2D eigenvalue weighted by atomic mass is 79.9. The molecule has 0 atom stereocenters. The average molecular weight is 349 g/mol. The van der Waals surface area contributed by atoms with Crippen LogP contribution in [0.25, 0.3) is 16.9 Å². The number of hydrogen-bond donors (Lipinski definition) is 1. The second kappa shape index (κ2) is 5.31. The minimum absolute atomic E-state index is 0.618. The molecule has 3 aromatic rings. The summed E-state index contributed by atoms with van der Waals surface area (Å²) in [7, 11) is 0. The number of benzene rings is 2. The van der Waals surface area contributed by atoms with Crippen molar-refractivity contribution in [3.63, 3.8) is 0 Å². The van der Waals surface area contributed by atoms with E-state index in [0.717, 1.165) is 21.4 Å². The van der Waals surface area contributed by atoms with Crippen LogP contribution in [0, 0.1) is 0 Å². The van der Waals surface area contributed by atoms with Gasteiger partial charge in [0.05, 0.1) is 17.6 Å². The second-order valence-electron chi connectivity index (χ2n) is 4.37. The maximum absolute atomic E-state index is 6.06. The van der Waals surface area contributed by atoms with Crippen LogP contribution in [0.1, 0.15) is 0 Å². The van der Waals surface area contributed by atoms with E-state index in [0.29, 0.717) is 10.7 Å². The van der Waals surface area contributed by atoms with Crippen LogP contribution in [0.5, 0.6) is 0 Å². The molecule has 0 saturated carbocycles. The zero-order valence-corrected chi connectivity index (χ0v) is 12.8. The minimum Gasteiger partial charge on any atom is -0.396 e. The van der Waals surface area contributed by atoms with Gasteiger partial charge in [0, 0.05) is 15.1 Å². The number of rotatable bonds is 2. The Morgan fingerprint density at radius 3 is 2.65 bits per heavy atom. The van der Waals surface area contributed by atoms with Gasteiger partial charge < -0.3 is 5.73 Å². The fourth-order valence-electron chi connectivity index (χ4n) is 2.00. The Kier molecular flexibility index (Phi) is 3.51. The minimum atomic E-state index is 0.618.